The van der Waals surface area contributed by atoms with Gasteiger partial charge in [-0.2, -0.15) is 13.2 Å². The van der Waals surface area contributed by atoms with E-state index in [1.807, 2.05) is 38.1 Å². The molecular weight excluding hydrogens is 243 g/mol. The fraction of sp³-hybridized carbons (Fsp3) is 0.538. The van der Waals surface area contributed by atoms with Crippen LogP contribution >= 0.6 is 0 Å². The molecule has 0 spiro atoms. The van der Waals surface area contributed by atoms with E-state index in [9.17, 15) is 13.2 Å². The molecule has 0 fully saturated rings. The smallest absolute Gasteiger partial charge is 0.390 e. The van der Waals surface area contributed by atoms with E-state index < -0.39 is 12.6 Å². The molecule has 0 aliphatic rings. The lowest BCUT2D eigenvalue weighted by molar-refractivity contribution is -0.133. The van der Waals surface area contributed by atoms with Crippen LogP contribution < -0.4 is 10.1 Å². The van der Waals surface area contributed by atoms with Crippen molar-refractivity contribution in [3.05, 3.63) is 29.8 Å². The number of rotatable bonds is 6. The first kappa shape index (κ1) is 14.8. The fourth-order valence-electron chi connectivity index (χ4n) is 1.42. The van der Waals surface area contributed by atoms with Gasteiger partial charge in [0.15, 0.2) is 0 Å². The molecule has 0 aliphatic carbocycles. The molecule has 0 aromatic heterocycles. The van der Waals surface area contributed by atoms with E-state index in [2.05, 4.69) is 5.32 Å². The molecule has 102 valence electrons. The number of hydrogen-bond donors (Lipinski definition) is 1. The van der Waals surface area contributed by atoms with Crippen molar-refractivity contribution in [2.75, 3.05) is 6.54 Å². The molecule has 0 bridgehead atoms. The lowest BCUT2D eigenvalue weighted by atomic mass is 10.2. The van der Waals surface area contributed by atoms with Gasteiger partial charge in [-0.1, -0.05) is 12.1 Å². The molecule has 1 N–H and O–H groups in total. The zero-order valence-corrected chi connectivity index (χ0v) is 10.6. The first-order valence-electron chi connectivity index (χ1n) is 5.90. The minimum absolute atomic E-state index is 0.0618. The van der Waals surface area contributed by atoms with Crippen molar-refractivity contribution in [3.63, 3.8) is 0 Å². The van der Waals surface area contributed by atoms with Gasteiger partial charge in [-0.3, -0.25) is 0 Å². The Kier molecular flexibility index (Phi) is 5.47. The van der Waals surface area contributed by atoms with Crippen molar-refractivity contribution >= 4 is 0 Å². The zero-order chi connectivity index (χ0) is 13.6. The molecule has 0 aliphatic heterocycles. The van der Waals surface area contributed by atoms with Gasteiger partial charge in [0.05, 0.1) is 12.5 Å². The molecule has 2 nitrogen and oxygen atoms in total. The molecule has 1 aromatic carbocycles. The van der Waals surface area contributed by atoms with Gasteiger partial charge in [-0.25, -0.2) is 0 Å². The molecule has 0 radical (unpaired) electrons. The fourth-order valence-corrected chi connectivity index (χ4v) is 1.42. The highest BCUT2D eigenvalue weighted by Gasteiger charge is 2.25. The second-order valence-corrected chi connectivity index (χ2v) is 4.35. The topological polar surface area (TPSA) is 21.3 Å². The standard InChI is InChI=1S/C13H18F3NO/c1-10(2)18-12-5-3-11(4-6-12)9-17-8-7-13(14,15)16/h3-6,10,17H,7-9H2,1-2H3. The summed E-state index contributed by atoms with van der Waals surface area (Å²) in [4.78, 5) is 0. The van der Waals surface area contributed by atoms with E-state index >= 15 is 0 Å². The van der Waals surface area contributed by atoms with Crippen LogP contribution in [-0.4, -0.2) is 18.8 Å². The van der Waals surface area contributed by atoms with Gasteiger partial charge in [-0.05, 0) is 31.5 Å². The van der Waals surface area contributed by atoms with Gasteiger partial charge in [0.2, 0.25) is 0 Å². The van der Waals surface area contributed by atoms with Crippen molar-refractivity contribution in [1.29, 1.82) is 0 Å². The number of hydrogen-bond acceptors (Lipinski definition) is 2. The Morgan fingerprint density at radius 2 is 1.78 bits per heavy atom. The van der Waals surface area contributed by atoms with Crippen LogP contribution in [-0.2, 0) is 6.54 Å². The highest BCUT2D eigenvalue weighted by atomic mass is 19.4. The summed E-state index contributed by atoms with van der Waals surface area (Å²) in [6, 6.07) is 7.33. The summed E-state index contributed by atoms with van der Waals surface area (Å²) < 4.78 is 41.2. The molecule has 18 heavy (non-hydrogen) atoms. The number of benzene rings is 1. The molecule has 0 heterocycles. The normalized spacial score (nSPS) is 11.9. The second-order valence-electron chi connectivity index (χ2n) is 4.35. The summed E-state index contributed by atoms with van der Waals surface area (Å²) in [5, 5.41) is 2.76. The van der Waals surface area contributed by atoms with Gasteiger partial charge >= 0.3 is 6.18 Å². The van der Waals surface area contributed by atoms with Gasteiger partial charge in [0.1, 0.15) is 5.75 Å². The molecule has 0 unspecified atom stereocenters. The summed E-state index contributed by atoms with van der Waals surface area (Å²) in [6.07, 6.45) is -4.79. The Labute approximate surface area is 105 Å². The van der Waals surface area contributed by atoms with E-state index in [1.54, 1.807) is 0 Å². The average molecular weight is 261 g/mol. The van der Waals surface area contributed by atoms with Crippen molar-refractivity contribution < 1.29 is 17.9 Å². The minimum Gasteiger partial charge on any atom is -0.491 e. The number of alkyl halides is 3. The van der Waals surface area contributed by atoms with Gasteiger partial charge in [-0.15, -0.1) is 0 Å². The van der Waals surface area contributed by atoms with Crippen LogP contribution in [0, 0.1) is 0 Å². The second kappa shape index (κ2) is 6.64. The van der Waals surface area contributed by atoms with E-state index in [0.29, 0.717) is 6.54 Å². The largest absolute Gasteiger partial charge is 0.491 e. The van der Waals surface area contributed by atoms with Gasteiger partial charge < -0.3 is 10.1 Å². The van der Waals surface area contributed by atoms with Gasteiger partial charge in [0, 0.05) is 13.1 Å². The summed E-state index contributed by atoms with van der Waals surface area (Å²) in [5.41, 5.74) is 0.938. The lowest BCUT2D eigenvalue weighted by Gasteiger charge is -2.11. The van der Waals surface area contributed by atoms with Crippen LogP contribution in [0.3, 0.4) is 0 Å². The Morgan fingerprint density at radius 1 is 1.17 bits per heavy atom. The summed E-state index contributed by atoms with van der Waals surface area (Å²) in [7, 11) is 0. The van der Waals surface area contributed by atoms with Crippen molar-refractivity contribution in [2.24, 2.45) is 0 Å². The quantitative estimate of drug-likeness (QED) is 0.791. The molecule has 0 amide bonds. The third kappa shape index (κ3) is 6.49. The predicted molar refractivity (Wildman–Crippen MR) is 64.6 cm³/mol. The van der Waals surface area contributed by atoms with E-state index in [0.717, 1.165) is 11.3 Å². The van der Waals surface area contributed by atoms with Crippen LogP contribution in [0.1, 0.15) is 25.8 Å². The van der Waals surface area contributed by atoms with Crippen molar-refractivity contribution in [3.8, 4) is 5.75 Å². The maximum absolute atomic E-state index is 11.9. The molecular formula is C13H18F3NO. The van der Waals surface area contributed by atoms with Crippen LogP contribution in [0.15, 0.2) is 24.3 Å². The maximum atomic E-state index is 11.9. The Morgan fingerprint density at radius 3 is 2.28 bits per heavy atom. The van der Waals surface area contributed by atoms with Crippen molar-refractivity contribution in [2.45, 2.75) is 39.1 Å². The lowest BCUT2D eigenvalue weighted by Crippen LogP contribution is -2.21. The average Bonchev–Trinajstić information content (AvgIpc) is 2.24. The minimum atomic E-state index is -4.10. The third-order valence-corrected chi connectivity index (χ3v) is 2.21. The number of ether oxygens (including phenoxy) is 1. The van der Waals surface area contributed by atoms with Gasteiger partial charge in [0.25, 0.3) is 0 Å². The molecule has 1 aromatic rings. The number of nitrogens with one attached hydrogen (secondary N) is 1. The van der Waals surface area contributed by atoms with E-state index in [4.69, 9.17) is 4.74 Å². The molecule has 1 rings (SSSR count). The monoisotopic (exact) mass is 261 g/mol. The maximum Gasteiger partial charge on any atom is 0.390 e. The molecule has 0 atom stereocenters. The Bertz CT molecular complexity index is 346. The van der Waals surface area contributed by atoms with Crippen LogP contribution in [0.2, 0.25) is 0 Å². The number of halogens is 3. The Hall–Kier alpha value is -1.23. The highest BCUT2D eigenvalue weighted by molar-refractivity contribution is 5.27. The van der Waals surface area contributed by atoms with Crippen LogP contribution in [0.5, 0.6) is 5.75 Å². The summed E-state index contributed by atoms with van der Waals surface area (Å²) >= 11 is 0. The SMILES string of the molecule is CC(C)Oc1ccc(CNCCC(F)(F)F)cc1. The predicted octanol–water partition coefficient (Wildman–Crippen LogP) is 3.52. The first-order valence-corrected chi connectivity index (χ1v) is 5.90. The van der Waals surface area contributed by atoms with Crippen LogP contribution in [0.25, 0.3) is 0 Å². The summed E-state index contributed by atoms with van der Waals surface area (Å²) in [6.45, 7) is 4.24. The first-order chi connectivity index (χ1) is 8.37. The molecule has 0 saturated carbocycles. The highest BCUT2D eigenvalue weighted by Crippen LogP contribution is 2.18. The summed E-state index contributed by atoms with van der Waals surface area (Å²) in [5.74, 6) is 0.768. The zero-order valence-electron chi connectivity index (χ0n) is 10.6. The van der Waals surface area contributed by atoms with E-state index in [1.165, 1.54) is 0 Å². The van der Waals surface area contributed by atoms with Crippen LogP contribution in [0.4, 0.5) is 13.2 Å². The Balaban J connectivity index is 2.31. The van der Waals surface area contributed by atoms with E-state index in [-0.39, 0.29) is 12.6 Å². The van der Waals surface area contributed by atoms with Crippen molar-refractivity contribution in [1.82, 2.24) is 5.32 Å². The third-order valence-electron chi connectivity index (χ3n) is 2.21. The molecule has 5 heteroatoms. The molecule has 0 saturated heterocycles.